The van der Waals surface area contributed by atoms with E-state index in [1.807, 2.05) is 20.8 Å². The Morgan fingerprint density at radius 3 is 2.53 bits per heavy atom. The SMILES string of the molecule is C=Cc1occ(S)c1/C(=C\C)CC.CC. The van der Waals surface area contributed by atoms with Crippen LogP contribution in [0.3, 0.4) is 0 Å². The molecule has 0 amide bonds. The zero-order valence-electron chi connectivity index (χ0n) is 10.0. The Bertz CT molecular complexity index is 334. The number of allylic oxidation sites excluding steroid dienone is 2. The number of thiol groups is 1. The third kappa shape index (κ3) is 3.31. The molecule has 1 heterocycles. The van der Waals surface area contributed by atoms with Crippen molar-refractivity contribution in [3.8, 4) is 0 Å². The van der Waals surface area contributed by atoms with Gasteiger partial charge in [-0.25, -0.2) is 0 Å². The fourth-order valence-electron chi connectivity index (χ4n) is 1.36. The van der Waals surface area contributed by atoms with E-state index in [4.69, 9.17) is 4.42 Å². The Morgan fingerprint density at radius 2 is 2.13 bits per heavy atom. The van der Waals surface area contributed by atoms with Gasteiger partial charge in [0.15, 0.2) is 0 Å². The molecule has 84 valence electrons. The zero-order chi connectivity index (χ0) is 11.8. The minimum absolute atomic E-state index is 0.806. The Balaban J connectivity index is 0.000000921. The highest BCUT2D eigenvalue weighted by Gasteiger charge is 2.11. The van der Waals surface area contributed by atoms with E-state index in [0.29, 0.717) is 0 Å². The molecule has 1 aromatic heterocycles. The lowest BCUT2D eigenvalue weighted by Gasteiger charge is -2.02. The van der Waals surface area contributed by atoms with Crippen LogP contribution in [0.1, 0.15) is 45.4 Å². The van der Waals surface area contributed by atoms with Crippen molar-refractivity contribution in [2.45, 2.75) is 39.0 Å². The van der Waals surface area contributed by atoms with E-state index in [1.165, 1.54) is 5.57 Å². The van der Waals surface area contributed by atoms with Gasteiger partial charge in [-0.2, -0.15) is 0 Å². The van der Waals surface area contributed by atoms with Crippen LogP contribution in [0.2, 0.25) is 0 Å². The van der Waals surface area contributed by atoms with Crippen molar-refractivity contribution in [1.82, 2.24) is 0 Å². The molecule has 1 aromatic rings. The van der Waals surface area contributed by atoms with Crippen molar-refractivity contribution in [3.63, 3.8) is 0 Å². The molecule has 1 rings (SSSR count). The molecule has 0 aliphatic carbocycles. The van der Waals surface area contributed by atoms with Gasteiger partial charge < -0.3 is 4.42 Å². The average molecular weight is 224 g/mol. The van der Waals surface area contributed by atoms with Gasteiger partial charge in [0.25, 0.3) is 0 Å². The van der Waals surface area contributed by atoms with Crippen molar-refractivity contribution in [1.29, 1.82) is 0 Å². The van der Waals surface area contributed by atoms with Crippen LogP contribution in [0.25, 0.3) is 11.6 Å². The lowest BCUT2D eigenvalue weighted by molar-refractivity contribution is 0.551. The molecule has 0 saturated heterocycles. The van der Waals surface area contributed by atoms with E-state index in [-0.39, 0.29) is 0 Å². The normalized spacial score (nSPS) is 10.6. The molecule has 0 fully saturated rings. The molecule has 0 unspecified atom stereocenters. The van der Waals surface area contributed by atoms with Gasteiger partial charge >= 0.3 is 0 Å². The smallest absolute Gasteiger partial charge is 0.134 e. The topological polar surface area (TPSA) is 13.1 Å². The number of hydrogen-bond acceptors (Lipinski definition) is 2. The Morgan fingerprint density at radius 1 is 1.53 bits per heavy atom. The lowest BCUT2D eigenvalue weighted by atomic mass is 10.0. The first-order valence-electron chi connectivity index (χ1n) is 5.33. The highest BCUT2D eigenvalue weighted by atomic mass is 32.1. The van der Waals surface area contributed by atoms with Crippen LogP contribution in [0, 0.1) is 0 Å². The second-order valence-corrected chi connectivity index (χ2v) is 3.21. The van der Waals surface area contributed by atoms with Crippen LogP contribution in [-0.2, 0) is 0 Å². The predicted molar refractivity (Wildman–Crippen MR) is 71.3 cm³/mol. The summed E-state index contributed by atoms with van der Waals surface area (Å²) in [5.74, 6) is 0.806. The molecule has 0 spiro atoms. The predicted octanol–water partition coefficient (Wildman–Crippen LogP) is 5.05. The van der Waals surface area contributed by atoms with Crippen LogP contribution < -0.4 is 0 Å². The average Bonchev–Trinajstić information content (AvgIpc) is 2.65. The molecule has 0 radical (unpaired) electrons. The van der Waals surface area contributed by atoms with Gasteiger partial charge in [0, 0.05) is 5.56 Å². The first-order chi connectivity index (χ1) is 7.24. The molecule has 0 saturated carbocycles. The quantitative estimate of drug-likeness (QED) is 0.709. The molecule has 1 nitrogen and oxygen atoms in total. The molecule has 0 aromatic carbocycles. The maximum absolute atomic E-state index is 5.29. The highest BCUT2D eigenvalue weighted by molar-refractivity contribution is 7.80. The second-order valence-electron chi connectivity index (χ2n) is 2.73. The van der Waals surface area contributed by atoms with Gasteiger partial charge in [-0.3, -0.25) is 0 Å². The summed E-state index contributed by atoms with van der Waals surface area (Å²) < 4.78 is 5.29. The number of rotatable bonds is 3. The van der Waals surface area contributed by atoms with Crippen LogP contribution >= 0.6 is 12.6 Å². The lowest BCUT2D eigenvalue weighted by Crippen LogP contribution is -1.83. The van der Waals surface area contributed by atoms with Crippen molar-refractivity contribution >= 4 is 24.3 Å². The summed E-state index contributed by atoms with van der Waals surface area (Å²) in [4.78, 5) is 0.879. The molecular formula is C13H20OS. The van der Waals surface area contributed by atoms with Gasteiger partial charge in [0.2, 0.25) is 0 Å². The van der Waals surface area contributed by atoms with E-state index in [0.717, 1.165) is 22.6 Å². The van der Waals surface area contributed by atoms with Crippen LogP contribution in [-0.4, -0.2) is 0 Å². The Labute approximate surface area is 98.3 Å². The third-order valence-electron chi connectivity index (χ3n) is 2.04. The second kappa shape index (κ2) is 7.41. The molecule has 0 aliphatic heterocycles. The monoisotopic (exact) mass is 224 g/mol. The maximum atomic E-state index is 5.29. The van der Waals surface area contributed by atoms with E-state index in [2.05, 4.69) is 32.2 Å². The molecule has 2 heteroatoms. The highest BCUT2D eigenvalue weighted by Crippen LogP contribution is 2.30. The van der Waals surface area contributed by atoms with E-state index < -0.39 is 0 Å². The first kappa shape index (κ1) is 14.1. The van der Waals surface area contributed by atoms with Crippen LogP contribution in [0.5, 0.6) is 0 Å². The van der Waals surface area contributed by atoms with Crippen LogP contribution in [0.4, 0.5) is 0 Å². The van der Waals surface area contributed by atoms with Gasteiger partial charge in [-0.05, 0) is 25.0 Å². The molecule has 0 aliphatic rings. The zero-order valence-corrected chi connectivity index (χ0v) is 10.9. The van der Waals surface area contributed by atoms with Gasteiger partial charge in [-0.1, -0.05) is 33.4 Å². The van der Waals surface area contributed by atoms with E-state index in [1.54, 1.807) is 12.3 Å². The van der Waals surface area contributed by atoms with Crippen LogP contribution in [0.15, 0.2) is 28.2 Å². The van der Waals surface area contributed by atoms with Crippen molar-refractivity contribution in [2.75, 3.05) is 0 Å². The van der Waals surface area contributed by atoms with Crippen molar-refractivity contribution in [3.05, 3.63) is 30.2 Å². The summed E-state index contributed by atoms with van der Waals surface area (Å²) in [6, 6.07) is 0. The Kier molecular flexibility index (Phi) is 6.97. The van der Waals surface area contributed by atoms with Gasteiger partial charge in [-0.15, -0.1) is 12.6 Å². The van der Waals surface area contributed by atoms with Gasteiger partial charge in [0.1, 0.15) is 12.0 Å². The van der Waals surface area contributed by atoms with Gasteiger partial charge in [0.05, 0.1) is 4.90 Å². The Hall–Kier alpha value is -0.890. The largest absolute Gasteiger partial charge is 0.463 e. The molecule has 0 N–H and O–H groups in total. The summed E-state index contributed by atoms with van der Waals surface area (Å²) in [6.45, 7) is 11.8. The molecule has 15 heavy (non-hydrogen) atoms. The first-order valence-corrected chi connectivity index (χ1v) is 5.77. The molecular weight excluding hydrogens is 204 g/mol. The fraction of sp³-hybridized carbons (Fsp3) is 0.385. The summed E-state index contributed by atoms with van der Waals surface area (Å²) >= 11 is 4.34. The standard InChI is InChI=1S/C11H14OS.C2H6/c1-4-8(5-2)11-9(6-3)12-7-10(11)13;1-2/h4,6-7,13H,3,5H2,1-2H3;1-2H3/b8-4-;. The van der Waals surface area contributed by atoms with Crippen molar-refractivity contribution in [2.24, 2.45) is 0 Å². The summed E-state index contributed by atoms with van der Waals surface area (Å²) in [5.41, 5.74) is 2.32. The van der Waals surface area contributed by atoms with E-state index in [9.17, 15) is 0 Å². The minimum atomic E-state index is 0.806. The minimum Gasteiger partial charge on any atom is -0.463 e. The number of furan rings is 1. The van der Waals surface area contributed by atoms with E-state index >= 15 is 0 Å². The third-order valence-corrected chi connectivity index (χ3v) is 2.36. The maximum Gasteiger partial charge on any atom is 0.134 e. The number of hydrogen-bond donors (Lipinski definition) is 1. The summed E-state index contributed by atoms with van der Waals surface area (Å²) in [6.07, 6.45) is 6.42. The molecule has 0 atom stereocenters. The van der Waals surface area contributed by atoms with Crippen molar-refractivity contribution < 1.29 is 4.42 Å². The summed E-state index contributed by atoms with van der Waals surface area (Å²) in [5, 5.41) is 0. The molecule has 0 bridgehead atoms. The fourth-order valence-corrected chi connectivity index (χ4v) is 1.67. The summed E-state index contributed by atoms with van der Waals surface area (Å²) in [7, 11) is 0.